The van der Waals surface area contributed by atoms with Crippen molar-refractivity contribution in [1.29, 1.82) is 10.7 Å². The lowest BCUT2D eigenvalue weighted by Gasteiger charge is -2.37. The van der Waals surface area contributed by atoms with Gasteiger partial charge in [-0.15, -0.1) is 0 Å². The predicted octanol–water partition coefficient (Wildman–Crippen LogP) is 3.32. The predicted molar refractivity (Wildman–Crippen MR) is 143 cm³/mol. The van der Waals surface area contributed by atoms with Crippen LogP contribution in [0, 0.1) is 16.7 Å². The number of rotatable bonds is 9. The van der Waals surface area contributed by atoms with Crippen LogP contribution < -0.4 is 4.74 Å². The SMILES string of the molecule is COC1CN(C(=O)CN=CC(C=N)c2cnc3[nH]cc(-c4ccc(OC5CCOCC5)c(C#N)c4)c3c2)C1. The summed E-state index contributed by atoms with van der Waals surface area (Å²) in [7, 11) is 1.64. The molecule has 2 fully saturated rings. The zero-order valence-electron chi connectivity index (χ0n) is 21.2. The van der Waals surface area contributed by atoms with Gasteiger partial charge in [-0.2, -0.15) is 5.26 Å². The molecule has 4 heterocycles. The Kier molecular flexibility index (Phi) is 7.77. The molecule has 0 spiro atoms. The lowest BCUT2D eigenvalue weighted by atomic mass is 9.99. The number of H-pyrrole nitrogens is 1. The number of aliphatic imine (C=N–C) groups is 1. The van der Waals surface area contributed by atoms with E-state index in [4.69, 9.17) is 19.6 Å². The minimum absolute atomic E-state index is 0.0328. The second-order valence-electron chi connectivity index (χ2n) is 9.46. The van der Waals surface area contributed by atoms with Crippen molar-refractivity contribution >= 4 is 29.4 Å². The first-order chi connectivity index (χ1) is 18.6. The van der Waals surface area contributed by atoms with Crippen molar-refractivity contribution in [1.82, 2.24) is 14.9 Å². The van der Waals surface area contributed by atoms with Gasteiger partial charge in [0.2, 0.25) is 5.91 Å². The molecule has 0 bridgehead atoms. The number of carbonyl (C=O) groups excluding carboxylic acids is 1. The Morgan fingerprint density at radius 1 is 1.34 bits per heavy atom. The summed E-state index contributed by atoms with van der Waals surface area (Å²) in [6.45, 7) is 2.55. The Bertz CT molecular complexity index is 1380. The van der Waals surface area contributed by atoms with E-state index in [-0.39, 0.29) is 24.7 Å². The molecule has 2 saturated heterocycles. The number of hydrogen-bond donors (Lipinski definition) is 2. The highest BCUT2D eigenvalue weighted by atomic mass is 16.5. The van der Waals surface area contributed by atoms with Gasteiger partial charge in [-0.3, -0.25) is 9.79 Å². The monoisotopic (exact) mass is 514 g/mol. The molecular weight excluding hydrogens is 484 g/mol. The number of likely N-dealkylation sites (tertiary alicyclic amines) is 1. The van der Waals surface area contributed by atoms with Gasteiger partial charge in [0.1, 0.15) is 30.1 Å². The van der Waals surface area contributed by atoms with Crippen LogP contribution in [0.2, 0.25) is 0 Å². The van der Waals surface area contributed by atoms with E-state index in [1.807, 2.05) is 30.5 Å². The average Bonchev–Trinajstić information content (AvgIpc) is 3.35. The quantitative estimate of drug-likeness (QED) is 0.420. The van der Waals surface area contributed by atoms with E-state index in [0.29, 0.717) is 43.3 Å². The van der Waals surface area contributed by atoms with Crippen LogP contribution >= 0.6 is 0 Å². The molecule has 2 aliphatic heterocycles. The van der Waals surface area contributed by atoms with E-state index in [1.54, 1.807) is 24.4 Å². The van der Waals surface area contributed by atoms with Gasteiger partial charge in [0.15, 0.2) is 0 Å². The Hall–Kier alpha value is -4.07. The van der Waals surface area contributed by atoms with Gasteiger partial charge < -0.3 is 29.5 Å². The summed E-state index contributed by atoms with van der Waals surface area (Å²) in [5, 5.41) is 18.6. The number of nitrogens with one attached hydrogen (secondary N) is 2. The maximum Gasteiger partial charge on any atom is 0.244 e. The fourth-order valence-electron chi connectivity index (χ4n) is 4.66. The summed E-state index contributed by atoms with van der Waals surface area (Å²) < 4.78 is 16.7. The first-order valence-electron chi connectivity index (χ1n) is 12.7. The summed E-state index contributed by atoms with van der Waals surface area (Å²) in [4.78, 5) is 26.0. The summed E-state index contributed by atoms with van der Waals surface area (Å²) in [5.74, 6) is 0.0974. The topological polar surface area (TPSA) is 137 Å². The van der Waals surface area contributed by atoms with E-state index < -0.39 is 5.92 Å². The van der Waals surface area contributed by atoms with E-state index in [0.717, 1.165) is 34.9 Å². The molecule has 10 heteroatoms. The summed E-state index contributed by atoms with van der Waals surface area (Å²) in [6, 6.07) is 9.84. The number of methoxy groups -OCH3 is 1. The van der Waals surface area contributed by atoms with Crippen molar-refractivity contribution in [2.75, 3.05) is 40.0 Å². The van der Waals surface area contributed by atoms with Crippen LogP contribution in [0.4, 0.5) is 0 Å². The zero-order valence-corrected chi connectivity index (χ0v) is 21.2. The van der Waals surface area contributed by atoms with Crippen molar-refractivity contribution < 1.29 is 19.0 Å². The molecule has 0 radical (unpaired) electrons. The molecule has 1 unspecified atom stereocenters. The average molecular weight is 515 g/mol. The Morgan fingerprint density at radius 3 is 2.89 bits per heavy atom. The van der Waals surface area contributed by atoms with Crippen LogP contribution in [0.25, 0.3) is 22.2 Å². The largest absolute Gasteiger partial charge is 0.489 e. The highest BCUT2D eigenvalue weighted by Gasteiger charge is 2.29. The standard InChI is InChI=1S/C28H30N6O4/c1-36-23-16-34(17-23)27(35)15-31-12-21(11-30)20-9-24-25(14-33-28(24)32-13-20)18-2-3-26(19(8-18)10-29)38-22-4-6-37-7-5-22/h2-3,8-9,11-14,21-23,30H,4-7,15-17H2,1H3,(H,32,33). The number of ether oxygens (including phenoxy) is 3. The maximum absolute atomic E-state index is 12.3. The third-order valence-corrected chi connectivity index (χ3v) is 7.02. The highest BCUT2D eigenvalue weighted by molar-refractivity contribution is 5.96. The van der Waals surface area contributed by atoms with Gasteiger partial charge in [0.25, 0.3) is 0 Å². The molecule has 1 aromatic carbocycles. The van der Waals surface area contributed by atoms with Crippen molar-refractivity contribution in [3.8, 4) is 22.9 Å². The van der Waals surface area contributed by atoms with Crippen LogP contribution in [-0.2, 0) is 14.3 Å². The third kappa shape index (κ3) is 5.44. The number of benzene rings is 1. The molecule has 0 saturated carbocycles. The molecule has 196 valence electrons. The number of amides is 1. The lowest BCUT2D eigenvalue weighted by molar-refractivity contribution is -0.141. The lowest BCUT2D eigenvalue weighted by Crippen LogP contribution is -2.55. The van der Waals surface area contributed by atoms with Crippen LogP contribution in [-0.4, -0.2) is 85.4 Å². The molecule has 10 nitrogen and oxygen atoms in total. The fraction of sp³-hybridized carbons (Fsp3) is 0.393. The van der Waals surface area contributed by atoms with Crippen molar-refractivity contribution in [2.24, 2.45) is 4.99 Å². The Labute approximate surface area is 220 Å². The van der Waals surface area contributed by atoms with Gasteiger partial charge in [0.05, 0.1) is 30.8 Å². The Balaban J connectivity index is 1.33. The number of hydrogen-bond acceptors (Lipinski definition) is 8. The van der Waals surface area contributed by atoms with Gasteiger partial charge >= 0.3 is 0 Å². The van der Waals surface area contributed by atoms with Gasteiger partial charge in [-0.25, -0.2) is 4.98 Å². The minimum Gasteiger partial charge on any atom is -0.489 e. The second kappa shape index (κ2) is 11.5. The van der Waals surface area contributed by atoms with Crippen LogP contribution in [0.15, 0.2) is 41.7 Å². The molecule has 5 rings (SSSR count). The number of aromatic nitrogens is 2. The van der Waals surface area contributed by atoms with Crippen LogP contribution in [0.3, 0.4) is 0 Å². The van der Waals surface area contributed by atoms with Crippen molar-refractivity contribution in [2.45, 2.75) is 31.0 Å². The smallest absolute Gasteiger partial charge is 0.244 e. The van der Waals surface area contributed by atoms with Crippen molar-refractivity contribution in [3.63, 3.8) is 0 Å². The van der Waals surface area contributed by atoms with Gasteiger partial charge in [-0.1, -0.05) is 6.07 Å². The second-order valence-corrected chi connectivity index (χ2v) is 9.46. The fourth-order valence-corrected chi connectivity index (χ4v) is 4.66. The number of fused-ring (bicyclic) bond motifs is 1. The zero-order chi connectivity index (χ0) is 26.5. The molecule has 3 aromatic rings. The molecule has 1 atom stereocenters. The first kappa shape index (κ1) is 25.6. The van der Waals surface area contributed by atoms with E-state index in [9.17, 15) is 10.1 Å². The number of carbonyl (C=O) groups is 1. The molecule has 1 amide bonds. The minimum atomic E-state index is -0.421. The van der Waals surface area contributed by atoms with Crippen LogP contribution in [0.1, 0.15) is 29.9 Å². The number of aromatic amines is 1. The summed E-state index contributed by atoms with van der Waals surface area (Å²) >= 11 is 0. The first-order valence-corrected chi connectivity index (χ1v) is 12.7. The molecule has 0 aliphatic carbocycles. The summed E-state index contributed by atoms with van der Waals surface area (Å²) in [5.41, 5.74) is 3.71. The summed E-state index contributed by atoms with van der Waals surface area (Å²) in [6.07, 6.45) is 8.23. The normalized spacial score (nSPS) is 17.3. The van der Waals surface area contributed by atoms with Crippen LogP contribution in [0.5, 0.6) is 5.75 Å². The third-order valence-electron chi connectivity index (χ3n) is 7.02. The Morgan fingerprint density at radius 2 is 2.16 bits per heavy atom. The highest BCUT2D eigenvalue weighted by Crippen LogP contribution is 2.33. The van der Waals surface area contributed by atoms with E-state index >= 15 is 0 Å². The molecule has 2 N–H and O–H groups in total. The van der Waals surface area contributed by atoms with E-state index in [1.165, 1.54) is 6.21 Å². The number of nitrogens with zero attached hydrogens (tertiary/aromatic N) is 4. The van der Waals surface area contributed by atoms with Crippen molar-refractivity contribution in [3.05, 3.63) is 47.8 Å². The molecular formula is C28H30N6O4. The number of pyridine rings is 1. The van der Waals surface area contributed by atoms with E-state index in [2.05, 4.69) is 21.0 Å². The molecule has 2 aromatic heterocycles. The molecule has 2 aliphatic rings. The maximum atomic E-state index is 12.3. The van der Waals surface area contributed by atoms with Gasteiger partial charge in [-0.05, 0) is 29.3 Å². The molecule has 38 heavy (non-hydrogen) atoms. The van der Waals surface area contributed by atoms with Gasteiger partial charge in [0, 0.05) is 68.8 Å². The number of nitriles is 1.